The molecule has 1 aromatic carbocycles. The number of imide groups is 1. The average Bonchev–Trinajstić information content (AvgIpc) is 3.16. The molecule has 0 saturated heterocycles. The van der Waals surface area contributed by atoms with Crippen LogP contribution < -0.4 is 5.32 Å². The van der Waals surface area contributed by atoms with Gasteiger partial charge in [-0.25, -0.2) is 0 Å². The number of amides is 2. The van der Waals surface area contributed by atoms with Crippen LogP contribution in [-0.2, 0) is 0 Å². The predicted molar refractivity (Wildman–Crippen MR) is 80.5 cm³/mol. The highest BCUT2D eigenvalue weighted by molar-refractivity contribution is 7.12. The van der Waals surface area contributed by atoms with E-state index < -0.39 is 11.8 Å². The number of fused-ring (bicyclic) bond motifs is 2. The molecule has 6 heteroatoms. The lowest BCUT2D eigenvalue weighted by Gasteiger charge is -1.98. The lowest BCUT2D eigenvalue weighted by atomic mass is 10.0. The summed E-state index contributed by atoms with van der Waals surface area (Å²) in [6, 6.07) is 6.62. The Labute approximate surface area is 128 Å². The third-order valence-electron chi connectivity index (χ3n) is 3.69. The van der Waals surface area contributed by atoms with Gasteiger partial charge in [0.15, 0.2) is 0 Å². The van der Waals surface area contributed by atoms with E-state index in [9.17, 15) is 14.4 Å². The molecule has 2 amide bonds. The van der Waals surface area contributed by atoms with Crippen LogP contribution in [0.25, 0.3) is 11.0 Å². The van der Waals surface area contributed by atoms with Crippen LogP contribution in [0.2, 0.25) is 0 Å². The maximum Gasteiger partial charge on any atom is 0.259 e. The zero-order chi connectivity index (χ0) is 15.4. The van der Waals surface area contributed by atoms with Crippen LogP contribution in [0, 0.1) is 6.92 Å². The number of thiophene rings is 1. The van der Waals surface area contributed by atoms with E-state index in [1.807, 2.05) is 5.38 Å². The molecular weight excluding hydrogens is 302 g/mol. The number of aryl methyl sites for hydroxylation is 1. The summed E-state index contributed by atoms with van der Waals surface area (Å²) in [5.41, 5.74) is 1.42. The van der Waals surface area contributed by atoms with Gasteiger partial charge in [0.05, 0.1) is 21.6 Å². The lowest BCUT2D eigenvalue weighted by Crippen LogP contribution is -2.19. The van der Waals surface area contributed by atoms with Gasteiger partial charge in [0.25, 0.3) is 11.8 Å². The molecule has 0 bridgehead atoms. The van der Waals surface area contributed by atoms with Crippen molar-refractivity contribution < 1.29 is 18.8 Å². The summed E-state index contributed by atoms with van der Waals surface area (Å²) in [5.74, 6) is -0.557. The van der Waals surface area contributed by atoms with Crippen LogP contribution >= 0.6 is 11.3 Å². The summed E-state index contributed by atoms with van der Waals surface area (Å²) in [4.78, 5) is 36.7. The van der Waals surface area contributed by atoms with E-state index in [1.165, 1.54) is 17.4 Å². The summed E-state index contributed by atoms with van der Waals surface area (Å²) in [5, 5.41) is 4.62. The van der Waals surface area contributed by atoms with Crippen molar-refractivity contribution in [3.8, 4) is 0 Å². The minimum atomic E-state index is -0.449. The van der Waals surface area contributed by atoms with Crippen LogP contribution in [-0.4, -0.2) is 17.6 Å². The molecular formula is C16H9NO4S. The van der Waals surface area contributed by atoms with Crippen molar-refractivity contribution in [3.63, 3.8) is 0 Å². The molecule has 1 aliphatic heterocycles. The van der Waals surface area contributed by atoms with Crippen molar-refractivity contribution in [1.82, 2.24) is 5.32 Å². The highest BCUT2D eigenvalue weighted by Crippen LogP contribution is 2.32. The molecule has 3 heterocycles. The summed E-state index contributed by atoms with van der Waals surface area (Å²) >= 11 is 1.35. The van der Waals surface area contributed by atoms with Crippen LogP contribution in [0.4, 0.5) is 0 Å². The molecule has 3 aromatic rings. The molecule has 0 spiro atoms. The number of carbonyl (C=O) groups is 3. The van der Waals surface area contributed by atoms with Gasteiger partial charge in [-0.1, -0.05) is 6.07 Å². The fraction of sp³-hybridized carbons (Fsp3) is 0.0625. The smallest absolute Gasteiger partial charge is 0.259 e. The van der Waals surface area contributed by atoms with Gasteiger partial charge in [-0.2, -0.15) is 0 Å². The second-order valence-electron chi connectivity index (χ2n) is 5.02. The van der Waals surface area contributed by atoms with E-state index in [0.29, 0.717) is 27.2 Å². The second-order valence-corrected chi connectivity index (χ2v) is 5.96. The topological polar surface area (TPSA) is 76.4 Å². The van der Waals surface area contributed by atoms with Gasteiger partial charge in [0, 0.05) is 5.39 Å². The molecule has 2 aromatic heterocycles. The molecule has 1 N–H and O–H groups in total. The standard InChI is InChI=1S/C16H9NO4S/c1-7-13(14(18)12-3-2-4-22-12)10-5-8-9(6-11(10)21-7)16(20)17-15(8)19/h2-6H,1H3,(H,17,19,20). The molecule has 1 aliphatic rings. The predicted octanol–water partition coefficient (Wildman–Crippen LogP) is 2.92. The molecule has 0 radical (unpaired) electrons. The van der Waals surface area contributed by atoms with E-state index in [2.05, 4.69) is 5.32 Å². The van der Waals surface area contributed by atoms with Gasteiger partial charge < -0.3 is 4.42 Å². The average molecular weight is 311 g/mol. The number of hydrogen-bond acceptors (Lipinski definition) is 5. The Bertz CT molecular complexity index is 966. The Morgan fingerprint density at radius 3 is 2.59 bits per heavy atom. The maximum atomic E-state index is 12.6. The molecule has 0 saturated carbocycles. The van der Waals surface area contributed by atoms with Crippen molar-refractivity contribution in [2.45, 2.75) is 6.92 Å². The van der Waals surface area contributed by atoms with Gasteiger partial charge in [0.2, 0.25) is 5.78 Å². The van der Waals surface area contributed by atoms with E-state index in [1.54, 1.807) is 25.1 Å². The zero-order valence-electron chi connectivity index (χ0n) is 11.4. The van der Waals surface area contributed by atoms with Gasteiger partial charge in [-0.05, 0) is 30.5 Å². The monoisotopic (exact) mass is 311 g/mol. The highest BCUT2D eigenvalue weighted by atomic mass is 32.1. The van der Waals surface area contributed by atoms with E-state index in [4.69, 9.17) is 4.42 Å². The maximum absolute atomic E-state index is 12.6. The molecule has 0 fully saturated rings. The number of rotatable bonds is 2. The van der Waals surface area contributed by atoms with Crippen molar-refractivity contribution >= 4 is 39.9 Å². The minimum absolute atomic E-state index is 0.143. The molecule has 4 rings (SSSR count). The third kappa shape index (κ3) is 1.67. The van der Waals surface area contributed by atoms with Gasteiger partial charge in [0.1, 0.15) is 11.3 Å². The summed E-state index contributed by atoms with van der Waals surface area (Å²) in [7, 11) is 0. The van der Waals surface area contributed by atoms with Crippen molar-refractivity contribution in [2.75, 3.05) is 0 Å². The van der Waals surface area contributed by atoms with Crippen molar-refractivity contribution in [1.29, 1.82) is 0 Å². The number of benzene rings is 1. The SMILES string of the molecule is Cc1oc2cc3c(cc2c1C(=O)c1cccs1)C(=O)NC3=O. The second kappa shape index (κ2) is 4.38. The first-order valence-electron chi connectivity index (χ1n) is 6.57. The highest BCUT2D eigenvalue weighted by Gasteiger charge is 2.30. The normalized spacial score (nSPS) is 13.5. The van der Waals surface area contributed by atoms with Crippen LogP contribution in [0.5, 0.6) is 0 Å². The van der Waals surface area contributed by atoms with E-state index >= 15 is 0 Å². The van der Waals surface area contributed by atoms with E-state index in [-0.39, 0.29) is 16.9 Å². The molecule has 5 nitrogen and oxygen atoms in total. The fourth-order valence-corrected chi connectivity index (χ4v) is 3.36. The largest absolute Gasteiger partial charge is 0.461 e. The molecule has 0 atom stereocenters. The number of hydrogen-bond donors (Lipinski definition) is 1. The molecule has 0 unspecified atom stereocenters. The number of furan rings is 1. The number of carbonyl (C=O) groups excluding carboxylic acids is 3. The minimum Gasteiger partial charge on any atom is -0.461 e. The van der Waals surface area contributed by atoms with Crippen LogP contribution in [0.15, 0.2) is 34.1 Å². The first-order valence-corrected chi connectivity index (χ1v) is 7.45. The van der Waals surface area contributed by atoms with Crippen molar-refractivity contribution in [3.05, 3.63) is 57.0 Å². The zero-order valence-corrected chi connectivity index (χ0v) is 12.2. The quantitative estimate of drug-likeness (QED) is 0.583. The first-order chi connectivity index (χ1) is 10.6. The van der Waals surface area contributed by atoms with Gasteiger partial charge in [-0.3, -0.25) is 19.7 Å². The lowest BCUT2D eigenvalue weighted by molar-refractivity contribution is 0.0878. The summed E-state index contributed by atoms with van der Waals surface area (Å²) in [6.45, 7) is 1.70. The Balaban J connectivity index is 1.99. The third-order valence-corrected chi connectivity index (χ3v) is 4.56. The number of ketones is 1. The van der Waals surface area contributed by atoms with E-state index in [0.717, 1.165) is 0 Å². The number of nitrogens with one attached hydrogen (secondary N) is 1. The Kier molecular flexibility index (Phi) is 2.58. The van der Waals surface area contributed by atoms with Crippen molar-refractivity contribution in [2.24, 2.45) is 0 Å². The molecule has 0 aliphatic carbocycles. The van der Waals surface area contributed by atoms with Crippen LogP contribution in [0.3, 0.4) is 0 Å². The van der Waals surface area contributed by atoms with Gasteiger partial charge >= 0.3 is 0 Å². The Morgan fingerprint density at radius 2 is 1.91 bits per heavy atom. The van der Waals surface area contributed by atoms with Crippen LogP contribution in [0.1, 0.15) is 41.7 Å². The first kappa shape index (κ1) is 13.0. The fourth-order valence-electron chi connectivity index (χ4n) is 2.69. The summed E-state index contributed by atoms with van der Waals surface area (Å²) in [6.07, 6.45) is 0. The Hall–Kier alpha value is -2.73. The molecule has 22 heavy (non-hydrogen) atoms. The van der Waals surface area contributed by atoms with Gasteiger partial charge in [-0.15, -0.1) is 11.3 Å². The Morgan fingerprint density at radius 1 is 1.18 bits per heavy atom. The molecule has 108 valence electrons. The summed E-state index contributed by atoms with van der Waals surface area (Å²) < 4.78 is 5.62.